The Morgan fingerprint density at radius 1 is 1.50 bits per heavy atom. The lowest BCUT2D eigenvalue weighted by Crippen LogP contribution is -2.40. The van der Waals surface area contributed by atoms with Crippen LogP contribution in [0.3, 0.4) is 0 Å². The Bertz CT molecular complexity index is 462. The topological polar surface area (TPSA) is 55.6 Å². The second-order valence-electron chi connectivity index (χ2n) is 5.44. The number of hydrogen-bond acceptors (Lipinski definition) is 3. The molecule has 1 amide bonds. The van der Waals surface area contributed by atoms with Gasteiger partial charge in [-0.1, -0.05) is 12.1 Å². The fourth-order valence-corrected chi connectivity index (χ4v) is 2.67. The highest BCUT2D eigenvalue weighted by atomic mass is 16.5. The summed E-state index contributed by atoms with van der Waals surface area (Å²) in [5.41, 5.74) is 7.72. The first kappa shape index (κ1) is 15.0. The van der Waals surface area contributed by atoms with E-state index in [1.165, 1.54) is 0 Å². The first-order valence-corrected chi connectivity index (χ1v) is 7.33. The van der Waals surface area contributed by atoms with Crippen molar-refractivity contribution < 1.29 is 9.53 Å². The second-order valence-corrected chi connectivity index (χ2v) is 5.44. The van der Waals surface area contributed by atoms with Crippen LogP contribution in [0.4, 0.5) is 5.69 Å². The number of rotatable bonds is 5. The molecule has 2 unspecified atom stereocenters. The Morgan fingerprint density at radius 3 is 2.90 bits per heavy atom. The smallest absolute Gasteiger partial charge is 0.232 e. The number of anilines is 1. The van der Waals surface area contributed by atoms with Crippen molar-refractivity contribution in [2.75, 3.05) is 24.6 Å². The van der Waals surface area contributed by atoms with Crippen molar-refractivity contribution >= 4 is 11.6 Å². The molecule has 1 saturated heterocycles. The van der Waals surface area contributed by atoms with Crippen LogP contribution in [0, 0.1) is 12.8 Å². The molecule has 0 aliphatic carbocycles. The Labute approximate surface area is 120 Å². The van der Waals surface area contributed by atoms with Gasteiger partial charge in [0.15, 0.2) is 0 Å². The van der Waals surface area contributed by atoms with Crippen molar-refractivity contribution in [3.63, 3.8) is 0 Å². The molecule has 20 heavy (non-hydrogen) atoms. The van der Waals surface area contributed by atoms with E-state index in [0.29, 0.717) is 19.7 Å². The SMILES string of the molecule is Cc1cccc(N(CCCN)C(=O)C2CCOC2C)c1. The van der Waals surface area contributed by atoms with Gasteiger partial charge in [0.25, 0.3) is 0 Å². The molecule has 4 heteroatoms. The molecule has 1 aliphatic rings. The summed E-state index contributed by atoms with van der Waals surface area (Å²) in [6.07, 6.45) is 1.62. The third-order valence-corrected chi connectivity index (χ3v) is 3.86. The Balaban J connectivity index is 2.20. The number of benzene rings is 1. The number of carbonyl (C=O) groups is 1. The Hall–Kier alpha value is -1.39. The molecular weight excluding hydrogens is 252 g/mol. The van der Waals surface area contributed by atoms with E-state index >= 15 is 0 Å². The molecule has 1 heterocycles. The molecule has 2 rings (SSSR count). The summed E-state index contributed by atoms with van der Waals surface area (Å²) in [7, 11) is 0. The molecule has 1 aromatic carbocycles. The van der Waals surface area contributed by atoms with Crippen molar-refractivity contribution in [3.05, 3.63) is 29.8 Å². The first-order chi connectivity index (χ1) is 9.63. The summed E-state index contributed by atoms with van der Waals surface area (Å²) < 4.78 is 5.53. The Morgan fingerprint density at radius 2 is 2.30 bits per heavy atom. The highest BCUT2D eigenvalue weighted by molar-refractivity contribution is 5.95. The quantitative estimate of drug-likeness (QED) is 0.896. The summed E-state index contributed by atoms with van der Waals surface area (Å²) in [6.45, 7) is 5.95. The van der Waals surface area contributed by atoms with E-state index in [-0.39, 0.29) is 17.9 Å². The second kappa shape index (κ2) is 6.86. The van der Waals surface area contributed by atoms with E-state index in [9.17, 15) is 4.79 Å². The van der Waals surface area contributed by atoms with Crippen molar-refractivity contribution in [3.8, 4) is 0 Å². The summed E-state index contributed by atoms with van der Waals surface area (Å²) in [5, 5.41) is 0. The van der Waals surface area contributed by atoms with Crippen LogP contribution in [0.1, 0.15) is 25.3 Å². The number of carbonyl (C=O) groups excluding carboxylic acids is 1. The summed E-state index contributed by atoms with van der Waals surface area (Å²) in [6, 6.07) is 8.06. The lowest BCUT2D eigenvalue weighted by atomic mass is 10.00. The molecule has 1 aromatic rings. The highest BCUT2D eigenvalue weighted by Gasteiger charge is 2.34. The van der Waals surface area contributed by atoms with Crippen molar-refractivity contribution in [2.45, 2.75) is 32.8 Å². The maximum atomic E-state index is 12.8. The zero-order valence-corrected chi connectivity index (χ0v) is 12.3. The molecule has 110 valence electrons. The van der Waals surface area contributed by atoms with Gasteiger partial charge in [-0.3, -0.25) is 4.79 Å². The van der Waals surface area contributed by atoms with E-state index in [0.717, 1.165) is 24.1 Å². The first-order valence-electron chi connectivity index (χ1n) is 7.33. The van der Waals surface area contributed by atoms with Crippen LogP contribution < -0.4 is 10.6 Å². The fourth-order valence-electron chi connectivity index (χ4n) is 2.67. The summed E-state index contributed by atoms with van der Waals surface area (Å²) in [4.78, 5) is 14.6. The molecule has 2 atom stereocenters. The maximum absolute atomic E-state index is 12.8. The van der Waals surface area contributed by atoms with E-state index in [4.69, 9.17) is 10.5 Å². The van der Waals surface area contributed by atoms with Gasteiger partial charge in [-0.2, -0.15) is 0 Å². The third kappa shape index (κ3) is 3.38. The average Bonchev–Trinajstić information content (AvgIpc) is 2.85. The van der Waals surface area contributed by atoms with Gasteiger partial charge in [-0.25, -0.2) is 0 Å². The van der Waals surface area contributed by atoms with Crippen LogP contribution in [0.5, 0.6) is 0 Å². The maximum Gasteiger partial charge on any atom is 0.232 e. The molecule has 1 fully saturated rings. The Kier molecular flexibility index (Phi) is 5.15. The molecule has 0 radical (unpaired) electrons. The predicted molar refractivity (Wildman–Crippen MR) is 80.7 cm³/mol. The molecule has 0 spiro atoms. The largest absolute Gasteiger partial charge is 0.378 e. The van der Waals surface area contributed by atoms with E-state index in [1.54, 1.807) is 0 Å². The molecule has 0 bridgehead atoms. The summed E-state index contributed by atoms with van der Waals surface area (Å²) in [5.74, 6) is 0.127. The van der Waals surface area contributed by atoms with Gasteiger partial charge >= 0.3 is 0 Å². The van der Waals surface area contributed by atoms with Crippen LogP contribution >= 0.6 is 0 Å². The fraction of sp³-hybridized carbons (Fsp3) is 0.562. The normalized spacial score (nSPS) is 21.9. The lowest BCUT2D eigenvalue weighted by Gasteiger charge is -2.27. The van der Waals surface area contributed by atoms with Gasteiger partial charge in [0.05, 0.1) is 12.0 Å². The lowest BCUT2D eigenvalue weighted by molar-refractivity contribution is -0.123. The van der Waals surface area contributed by atoms with Crippen LogP contribution in [0.2, 0.25) is 0 Å². The zero-order chi connectivity index (χ0) is 14.5. The molecule has 4 nitrogen and oxygen atoms in total. The number of ether oxygens (including phenoxy) is 1. The van der Waals surface area contributed by atoms with Crippen LogP contribution in [0.15, 0.2) is 24.3 Å². The van der Waals surface area contributed by atoms with Gasteiger partial charge in [-0.15, -0.1) is 0 Å². The number of nitrogens with zero attached hydrogens (tertiary/aromatic N) is 1. The molecule has 2 N–H and O–H groups in total. The van der Waals surface area contributed by atoms with Gasteiger partial charge < -0.3 is 15.4 Å². The third-order valence-electron chi connectivity index (χ3n) is 3.86. The van der Waals surface area contributed by atoms with Gasteiger partial charge in [0.2, 0.25) is 5.91 Å². The molecule has 0 saturated carbocycles. The van der Waals surface area contributed by atoms with Crippen molar-refractivity contribution in [2.24, 2.45) is 11.7 Å². The highest BCUT2D eigenvalue weighted by Crippen LogP contribution is 2.26. The van der Waals surface area contributed by atoms with E-state index in [2.05, 4.69) is 6.07 Å². The van der Waals surface area contributed by atoms with Crippen LogP contribution in [-0.2, 0) is 9.53 Å². The van der Waals surface area contributed by atoms with E-state index in [1.807, 2.05) is 36.9 Å². The minimum absolute atomic E-state index is 0.00712. The minimum atomic E-state index is -0.0340. The number of aryl methyl sites for hydroxylation is 1. The number of nitrogens with two attached hydrogens (primary N) is 1. The van der Waals surface area contributed by atoms with Crippen molar-refractivity contribution in [1.82, 2.24) is 0 Å². The van der Waals surface area contributed by atoms with Gasteiger partial charge in [-0.05, 0) is 50.9 Å². The average molecular weight is 276 g/mol. The van der Waals surface area contributed by atoms with E-state index < -0.39 is 0 Å². The zero-order valence-electron chi connectivity index (χ0n) is 12.3. The molecule has 1 aliphatic heterocycles. The standard InChI is InChI=1S/C16H24N2O2/c1-12-5-3-6-14(11-12)18(9-4-8-17)16(19)15-7-10-20-13(15)2/h3,5-6,11,13,15H,4,7-10,17H2,1-2H3. The van der Waals surface area contributed by atoms with Crippen LogP contribution in [-0.4, -0.2) is 31.7 Å². The monoisotopic (exact) mass is 276 g/mol. The van der Waals surface area contributed by atoms with Crippen molar-refractivity contribution in [1.29, 1.82) is 0 Å². The van der Waals surface area contributed by atoms with Crippen LogP contribution in [0.25, 0.3) is 0 Å². The number of hydrogen-bond donors (Lipinski definition) is 1. The number of amides is 1. The molecule has 0 aromatic heterocycles. The predicted octanol–water partition coefficient (Wildman–Crippen LogP) is 2.10. The van der Waals surface area contributed by atoms with Gasteiger partial charge in [0.1, 0.15) is 0 Å². The van der Waals surface area contributed by atoms with Gasteiger partial charge in [0, 0.05) is 18.8 Å². The molecular formula is C16H24N2O2. The summed E-state index contributed by atoms with van der Waals surface area (Å²) >= 11 is 0. The minimum Gasteiger partial charge on any atom is -0.378 e.